The lowest BCUT2D eigenvalue weighted by molar-refractivity contribution is -0.132. The van der Waals surface area contributed by atoms with Crippen molar-refractivity contribution in [3.63, 3.8) is 0 Å². The highest BCUT2D eigenvalue weighted by molar-refractivity contribution is 6.31. The number of amides is 1. The van der Waals surface area contributed by atoms with Gasteiger partial charge in [0, 0.05) is 17.1 Å². The van der Waals surface area contributed by atoms with Crippen LogP contribution in [-0.2, 0) is 11.3 Å². The molecule has 0 radical (unpaired) electrons. The number of halogens is 2. The van der Waals surface area contributed by atoms with Crippen LogP contribution in [0.15, 0.2) is 18.2 Å². The SMILES string of the molecule is CCN(Cc1c(F)cccc1Cl)C(=O)C(C)N. The Morgan fingerprint density at radius 3 is 2.71 bits per heavy atom. The van der Waals surface area contributed by atoms with Crippen molar-refractivity contribution in [1.82, 2.24) is 4.90 Å². The van der Waals surface area contributed by atoms with Gasteiger partial charge in [0.25, 0.3) is 0 Å². The van der Waals surface area contributed by atoms with E-state index in [1.807, 2.05) is 6.92 Å². The number of nitrogens with zero attached hydrogens (tertiary/aromatic N) is 1. The van der Waals surface area contributed by atoms with Crippen LogP contribution in [0.2, 0.25) is 5.02 Å². The fourth-order valence-electron chi connectivity index (χ4n) is 1.51. The van der Waals surface area contributed by atoms with Gasteiger partial charge in [0.05, 0.1) is 12.6 Å². The number of hydrogen-bond donors (Lipinski definition) is 1. The highest BCUT2D eigenvalue weighted by atomic mass is 35.5. The molecule has 1 unspecified atom stereocenters. The van der Waals surface area contributed by atoms with Gasteiger partial charge in [-0.25, -0.2) is 4.39 Å². The first-order valence-corrected chi connectivity index (χ1v) is 5.82. The molecule has 2 N–H and O–H groups in total. The number of rotatable bonds is 4. The van der Waals surface area contributed by atoms with Crippen molar-refractivity contribution in [3.05, 3.63) is 34.6 Å². The number of carbonyl (C=O) groups is 1. The second kappa shape index (κ2) is 5.98. The smallest absolute Gasteiger partial charge is 0.239 e. The standard InChI is InChI=1S/C12H16ClFN2O/c1-3-16(12(17)8(2)15)7-9-10(13)5-4-6-11(9)14/h4-6,8H,3,7,15H2,1-2H3. The van der Waals surface area contributed by atoms with Crippen LogP contribution in [0.3, 0.4) is 0 Å². The molecule has 5 heteroatoms. The first-order valence-electron chi connectivity index (χ1n) is 5.44. The minimum atomic E-state index is -0.597. The van der Waals surface area contributed by atoms with Gasteiger partial charge in [-0.2, -0.15) is 0 Å². The Morgan fingerprint density at radius 2 is 2.24 bits per heavy atom. The van der Waals surface area contributed by atoms with Gasteiger partial charge in [-0.15, -0.1) is 0 Å². The van der Waals surface area contributed by atoms with E-state index in [0.29, 0.717) is 17.1 Å². The monoisotopic (exact) mass is 258 g/mol. The van der Waals surface area contributed by atoms with Crippen molar-refractivity contribution in [2.45, 2.75) is 26.4 Å². The summed E-state index contributed by atoms with van der Waals surface area (Å²) in [4.78, 5) is 13.2. The van der Waals surface area contributed by atoms with Gasteiger partial charge in [0.15, 0.2) is 0 Å². The van der Waals surface area contributed by atoms with Crippen molar-refractivity contribution in [2.75, 3.05) is 6.54 Å². The van der Waals surface area contributed by atoms with E-state index in [4.69, 9.17) is 17.3 Å². The van der Waals surface area contributed by atoms with Gasteiger partial charge >= 0.3 is 0 Å². The van der Waals surface area contributed by atoms with E-state index in [2.05, 4.69) is 0 Å². The number of hydrogen-bond acceptors (Lipinski definition) is 2. The zero-order chi connectivity index (χ0) is 13.0. The van der Waals surface area contributed by atoms with Gasteiger partial charge in [-0.1, -0.05) is 17.7 Å². The minimum Gasteiger partial charge on any atom is -0.337 e. The number of nitrogens with two attached hydrogens (primary N) is 1. The molecule has 1 aromatic rings. The first-order chi connectivity index (χ1) is 7.97. The van der Waals surface area contributed by atoms with Gasteiger partial charge in [0.2, 0.25) is 5.91 Å². The largest absolute Gasteiger partial charge is 0.337 e. The normalized spacial score (nSPS) is 12.3. The van der Waals surface area contributed by atoms with E-state index >= 15 is 0 Å². The molecule has 94 valence electrons. The predicted molar refractivity (Wildman–Crippen MR) is 66.2 cm³/mol. The van der Waals surface area contributed by atoms with Crippen LogP contribution in [-0.4, -0.2) is 23.4 Å². The second-order valence-corrected chi connectivity index (χ2v) is 4.25. The van der Waals surface area contributed by atoms with Crippen LogP contribution in [0.1, 0.15) is 19.4 Å². The third-order valence-corrected chi connectivity index (χ3v) is 2.85. The predicted octanol–water partition coefficient (Wildman–Crippen LogP) is 2.17. The highest BCUT2D eigenvalue weighted by Gasteiger charge is 2.18. The number of carbonyl (C=O) groups excluding carboxylic acids is 1. The summed E-state index contributed by atoms with van der Waals surface area (Å²) in [7, 11) is 0. The van der Waals surface area contributed by atoms with Crippen LogP contribution in [0.4, 0.5) is 4.39 Å². The molecular formula is C12H16ClFN2O. The van der Waals surface area contributed by atoms with Crippen molar-refractivity contribution in [2.24, 2.45) is 5.73 Å². The molecule has 0 heterocycles. The Labute approximate surface area is 105 Å². The maximum atomic E-state index is 13.6. The number of likely N-dealkylation sites (N-methyl/N-ethyl adjacent to an activating group) is 1. The molecule has 1 rings (SSSR count). The van der Waals surface area contributed by atoms with E-state index in [1.54, 1.807) is 13.0 Å². The zero-order valence-electron chi connectivity index (χ0n) is 9.91. The molecule has 0 fully saturated rings. The van der Waals surface area contributed by atoms with Crippen molar-refractivity contribution in [1.29, 1.82) is 0 Å². The summed E-state index contributed by atoms with van der Waals surface area (Å²) >= 11 is 5.91. The lowest BCUT2D eigenvalue weighted by Crippen LogP contribution is -2.41. The van der Waals surface area contributed by atoms with E-state index in [-0.39, 0.29) is 12.5 Å². The fraction of sp³-hybridized carbons (Fsp3) is 0.417. The van der Waals surface area contributed by atoms with Crippen LogP contribution >= 0.6 is 11.6 Å². The lowest BCUT2D eigenvalue weighted by atomic mass is 10.2. The van der Waals surface area contributed by atoms with Gasteiger partial charge in [-0.3, -0.25) is 4.79 Å². The van der Waals surface area contributed by atoms with Crippen LogP contribution < -0.4 is 5.73 Å². The van der Waals surface area contributed by atoms with Gasteiger partial charge < -0.3 is 10.6 Å². The highest BCUT2D eigenvalue weighted by Crippen LogP contribution is 2.20. The minimum absolute atomic E-state index is 0.141. The maximum Gasteiger partial charge on any atom is 0.239 e. The third kappa shape index (κ3) is 3.41. The van der Waals surface area contributed by atoms with Crippen LogP contribution in [0, 0.1) is 5.82 Å². The maximum absolute atomic E-state index is 13.6. The number of benzene rings is 1. The summed E-state index contributed by atoms with van der Waals surface area (Å²) in [6.45, 7) is 4.02. The molecule has 1 aromatic carbocycles. The van der Waals surface area contributed by atoms with E-state index in [0.717, 1.165) is 0 Å². The fourth-order valence-corrected chi connectivity index (χ4v) is 1.73. The Balaban J connectivity index is 2.92. The Hall–Kier alpha value is -1.13. The molecule has 0 aliphatic heterocycles. The van der Waals surface area contributed by atoms with E-state index < -0.39 is 11.9 Å². The molecule has 0 saturated carbocycles. The van der Waals surface area contributed by atoms with Crippen LogP contribution in [0.5, 0.6) is 0 Å². The Morgan fingerprint density at radius 1 is 1.59 bits per heavy atom. The zero-order valence-corrected chi connectivity index (χ0v) is 10.7. The molecule has 0 aromatic heterocycles. The second-order valence-electron chi connectivity index (χ2n) is 3.84. The summed E-state index contributed by atoms with van der Waals surface area (Å²) in [5.74, 6) is -0.625. The quantitative estimate of drug-likeness (QED) is 0.900. The molecule has 1 atom stereocenters. The van der Waals surface area contributed by atoms with Crippen molar-refractivity contribution < 1.29 is 9.18 Å². The summed E-state index contributed by atoms with van der Waals surface area (Å²) < 4.78 is 13.6. The van der Waals surface area contributed by atoms with Gasteiger partial charge in [0.1, 0.15) is 5.82 Å². The van der Waals surface area contributed by atoms with E-state index in [9.17, 15) is 9.18 Å². The Bertz CT molecular complexity index is 389. The molecule has 0 aliphatic rings. The summed E-state index contributed by atoms with van der Waals surface area (Å²) in [6.07, 6.45) is 0. The summed E-state index contributed by atoms with van der Waals surface area (Å²) in [6, 6.07) is 3.86. The summed E-state index contributed by atoms with van der Waals surface area (Å²) in [5, 5.41) is 0.320. The molecule has 0 saturated heterocycles. The molecule has 0 spiro atoms. The Kier molecular flexibility index (Phi) is 4.90. The van der Waals surface area contributed by atoms with E-state index in [1.165, 1.54) is 17.0 Å². The van der Waals surface area contributed by atoms with Crippen molar-refractivity contribution in [3.8, 4) is 0 Å². The molecule has 3 nitrogen and oxygen atoms in total. The third-order valence-electron chi connectivity index (χ3n) is 2.49. The summed E-state index contributed by atoms with van der Waals surface area (Å²) in [5.41, 5.74) is 5.85. The van der Waals surface area contributed by atoms with Gasteiger partial charge in [-0.05, 0) is 26.0 Å². The molecule has 17 heavy (non-hydrogen) atoms. The average molecular weight is 259 g/mol. The average Bonchev–Trinajstić information content (AvgIpc) is 2.28. The molecule has 0 aliphatic carbocycles. The molecule has 0 bridgehead atoms. The van der Waals surface area contributed by atoms with Crippen LogP contribution in [0.25, 0.3) is 0 Å². The molecule has 1 amide bonds. The first kappa shape index (κ1) is 13.9. The van der Waals surface area contributed by atoms with Crippen molar-refractivity contribution >= 4 is 17.5 Å². The lowest BCUT2D eigenvalue weighted by Gasteiger charge is -2.23. The molecular weight excluding hydrogens is 243 g/mol. The topological polar surface area (TPSA) is 46.3 Å².